The van der Waals surface area contributed by atoms with Gasteiger partial charge in [-0.05, 0) is 18.4 Å². The van der Waals surface area contributed by atoms with E-state index in [0.29, 0.717) is 6.42 Å². The maximum atomic E-state index is 8.88. The summed E-state index contributed by atoms with van der Waals surface area (Å²) in [5.74, 6) is 0. The molecule has 0 saturated carbocycles. The van der Waals surface area contributed by atoms with Gasteiger partial charge in [-0.1, -0.05) is 30.3 Å². The van der Waals surface area contributed by atoms with Crippen LogP contribution in [0.25, 0.3) is 0 Å². The molecule has 0 aliphatic heterocycles. The molecule has 0 amide bonds. The molecule has 1 nitrogen and oxygen atoms in total. The summed E-state index contributed by atoms with van der Waals surface area (Å²) < 4.78 is 0. The Morgan fingerprint density at radius 3 is 2.45 bits per heavy atom. The first-order chi connectivity index (χ1) is 5.29. The minimum Gasteiger partial charge on any atom is -0.383 e. The smallest absolute Gasteiger partial charge is 0.0967 e. The standard InChI is InChI=1S/C9H12OS/c10-9(11)7-6-8-4-2-1-3-5-8/h1-5,9-11H,6-7H2. The number of thiol groups is 1. The third kappa shape index (κ3) is 3.44. The van der Waals surface area contributed by atoms with Gasteiger partial charge < -0.3 is 5.11 Å². The van der Waals surface area contributed by atoms with E-state index in [2.05, 4.69) is 24.8 Å². The van der Waals surface area contributed by atoms with Crippen LogP contribution in [0.5, 0.6) is 0 Å². The monoisotopic (exact) mass is 168 g/mol. The summed E-state index contributed by atoms with van der Waals surface area (Å²) in [6.45, 7) is 0. The Labute approximate surface area is 72.5 Å². The van der Waals surface area contributed by atoms with Crippen LogP contribution in [0, 0.1) is 0 Å². The van der Waals surface area contributed by atoms with Gasteiger partial charge in [0.25, 0.3) is 0 Å². The number of rotatable bonds is 3. The molecule has 0 bridgehead atoms. The molecule has 0 heterocycles. The highest BCUT2D eigenvalue weighted by atomic mass is 32.1. The fourth-order valence-corrected chi connectivity index (χ4v) is 1.07. The Bertz CT molecular complexity index is 196. The Morgan fingerprint density at radius 1 is 1.27 bits per heavy atom. The molecule has 2 heteroatoms. The van der Waals surface area contributed by atoms with Gasteiger partial charge in [-0.2, -0.15) is 0 Å². The van der Waals surface area contributed by atoms with Crippen LogP contribution in [0.3, 0.4) is 0 Å². The Balaban J connectivity index is 2.39. The molecule has 0 saturated heterocycles. The molecule has 0 spiro atoms. The molecule has 60 valence electrons. The Hall–Kier alpha value is -0.470. The lowest BCUT2D eigenvalue weighted by Crippen LogP contribution is -1.97. The van der Waals surface area contributed by atoms with Gasteiger partial charge in [0.2, 0.25) is 0 Å². The van der Waals surface area contributed by atoms with Crippen LogP contribution in [0.2, 0.25) is 0 Å². The van der Waals surface area contributed by atoms with Crippen LogP contribution in [-0.4, -0.2) is 10.5 Å². The average Bonchev–Trinajstić information content (AvgIpc) is 2.03. The molecule has 1 unspecified atom stereocenters. The van der Waals surface area contributed by atoms with Crippen molar-refractivity contribution in [2.24, 2.45) is 0 Å². The molecular formula is C9H12OS. The highest BCUT2D eigenvalue weighted by molar-refractivity contribution is 7.80. The first-order valence-electron chi connectivity index (χ1n) is 3.69. The van der Waals surface area contributed by atoms with Crippen molar-refractivity contribution in [3.05, 3.63) is 35.9 Å². The first kappa shape index (κ1) is 8.62. The molecule has 0 aliphatic rings. The molecule has 1 aromatic rings. The zero-order valence-electron chi connectivity index (χ0n) is 6.27. The second kappa shape index (κ2) is 4.42. The van der Waals surface area contributed by atoms with E-state index in [4.69, 9.17) is 5.11 Å². The highest BCUT2D eigenvalue weighted by Gasteiger charge is 1.96. The predicted octanol–water partition coefficient (Wildman–Crippen LogP) is 1.87. The van der Waals surface area contributed by atoms with E-state index in [0.717, 1.165) is 6.42 Å². The number of hydrogen-bond donors (Lipinski definition) is 2. The van der Waals surface area contributed by atoms with Gasteiger partial charge in [0.15, 0.2) is 0 Å². The van der Waals surface area contributed by atoms with E-state index in [-0.39, 0.29) is 0 Å². The van der Waals surface area contributed by atoms with E-state index in [1.807, 2.05) is 18.2 Å². The SMILES string of the molecule is OC(S)CCc1ccccc1. The van der Waals surface area contributed by atoms with Crippen LogP contribution >= 0.6 is 12.6 Å². The summed E-state index contributed by atoms with van der Waals surface area (Å²) in [7, 11) is 0. The maximum Gasteiger partial charge on any atom is 0.0967 e. The Kier molecular flexibility index (Phi) is 3.46. The molecule has 1 atom stereocenters. The number of hydrogen-bond acceptors (Lipinski definition) is 2. The van der Waals surface area contributed by atoms with Gasteiger partial charge in [-0.25, -0.2) is 0 Å². The fourth-order valence-electron chi connectivity index (χ4n) is 0.940. The van der Waals surface area contributed by atoms with Crippen LogP contribution in [0.4, 0.5) is 0 Å². The van der Waals surface area contributed by atoms with E-state index >= 15 is 0 Å². The van der Waals surface area contributed by atoms with Crippen LogP contribution in [0.15, 0.2) is 30.3 Å². The predicted molar refractivity (Wildman–Crippen MR) is 49.8 cm³/mol. The molecule has 11 heavy (non-hydrogen) atoms. The minimum absolute atomic E-state index is 0.491. The topological polar surface area (TPSA) is 20.2 Å². The molecule has 1 aromatic carbocycles. The molecule has 0 fully saturated rings. The van der Waals surface area contributed by atoms with E-state index in [1.165, 1.54) is 5.56 Å². The van der Waals surface area contributed by atoms with Crippen LogP contribution in [-0.2, 0) is 6.42 Å². The van der Waals surface area contributed by atoms with E-state index in [1.54, 1.807) is 0 Å². The zero-order valence-corrected chi connectivity index (χ0v) is 7.17. The third-order valence-electron chi connectivity index (χ3n) is 1.53. The van der Waals surface area contributed by atoms with Crippen LogP contribution < -0.4 is 0 Å². The lowest BCUT2D eigenvalue weighted by Gasteiger charge is -2.02. The van der Waals surface area contributed by atoms with Crippen molar-refractivity contribution in [1.82, 2.24) is 0 Å². The summed E-state index contributed by atoms with van der Waals surface area (Å²) >= 11 is 3.88. The maximum absolute atomic E-state index is 8.88. The summed E-state index contributed by atoms with van der Waals surface area (Å²) in [6.07, 6.45) is 1.61. The van der Waals surface area contributed by atoms with Gasteiger partial charge in [0.05, 0.1) is 5.44 Å². The summed E-state index contributed by atoms with van der Waals surface area (Å²) in [5, 5.41) is 8.88. The third-order valence-corrected chi connectivity index (χ3v) is 1.79. The molecule has 0 aromatic heterocycles. The van der Waals surface area contributed by atoms with Crippen molar-refractivity contribution < 1.29 is 5.11 Å². The zero-order chi connectivity index (χ0) is 8.10. The molecule has 1 rings (SSSR count). The number of aryl methyl sites for hydroxylation is 1. The first-order valence-corrected chi connectivity index (χ1v) is 4.21. The van der Waals surface area contributed by atoms with Crippen molar-refractivity contribution in [2.45, 2.75) is 18.3 Å². The van der Waals surface area contributed by atoms with E-state index in [9.17, 15) is 0 Å². The normalized spacial score (nSPS) is 12.9. The summed E-state index contributed by atoms with van der Waals surface area (Å²) in [5.41, 5.74) is 0.760. The van der Waals surface area contributed by atoms with Crippen molar-refractivity contribution in [1.29, 1.82) is 0 Å². The van der Waals surface area contributed by atoms with Crippen LogP contribution in [0.1, 0.15) is 12.0 Å². The van der Waals surface area contributed by atoms with Gasteiger partial charge >= 0.3 is 0 Å². The quantitative estimate of drug-likeness (QED) is 0.521. The van der Waals surface area contributed by atoms with Gasteiger partial charge in [-0.15, -0.1) is 12.6 Å². The summed E-state index contributed by atoms with van der Waals surface area (Å²) in [4.78, 5) is 0. The lowest BCUT2D eigenvalue weighted by atomic mass is 10.1. The lowest BCUT2D eigenvalue weighted by molar-refractivity contribution is 0.255. The minimum atomic E-state index is -0.491. The van der Waals surface area contributed by atoms with Crippen molar-refractivity contribution in [3.8, 4) is 0 Å². The molecule has 0 radical (unpaired) electrons. The molecular weight excluding hydrogens is 156 g/mol. The van der Waals surface area contributed by atoms with Crippen molar-refractivity contribution >= 4 is 12.6 Å². The van der Waals surface area contributed by atoms with Crippen molar-refractivity contribution in [3.63, 3.8) is 0 Å². The van der Waals surface area contributed by atoms with Crippen molar-refractivity contribution in [2.75, 3.05) is 0 Å². The summed E-state index contributed by atoms with van der Waals surface area (Å²) in [6, 6.07) is 10.1. The second-order valence-electron chi connectivity index (χ2n) is 2.50. The number of benzene rings is 1. The average molecular weight is 168 g/mol. The largest absolute Gasteiger partial charge is 0.383 e. The second-order valence-corrected chi connectivity index (χ2v) is 3.10. The number of aliphatic hydroxyl groups excluding tert-OH is 1. The molecule has 1 N–H and O–H groups in total. The number of aliphatic hydroxyl groups is 1. The highest BCUT2D eigenvalue weighted by Crippen LogP contribution is 2.05. The van der Waals surface area contributed by atoms with E-state index < -0.39 is 5.44 Å². The van der Waals surface area contributed by atoms with Gasteiger partial charge in [-0.3, -0.25) is 0 Å². The molecule has 0 aliphatic carbocycles. The van der Waals surface area contributed by atoms with Gasteiger partial charge in [0.1, 0.15) is 0 Å². The fraction of sp³-hybridized carbons (Fsp3) is 0.333. The van der Waals surface area contributed by atoms with Gasteiger partial charge in [0, 0.05) is 0 Å². The Morgan fingerprint density at radius 2 is 1.91 bits per heavy atom.